The zero-order valence-electron chi connectivity index (χ0n) is 20.6. The first kappa shape index (κ1) is 26.0. The van der Waals surface area contributed by atoms with Crippen molar-refractivity contribution in [1.29, 1.82) is 0 Å². The minimum atomic E-state index is -0.778. The number of para-hydroxylation sites is 1. The Morgan fingerprint density at radius 2 is 1.59 bits per heavy atom. The summed E-state index contributed by atoms with van der Waals surface area (Å²) in [6.45, 7) is 3.68. The van der Waals surface area contributed by atoms with E-state index in [2.05, 4.69) is 5.16 Å². The predicted molar refractivity (Wildman–Crippen MR) is 143 cm³/mol. The van der Waals surface area contributed by atoms with Crippen LogP contribution in [0.5, 0.6) is 0 Å². The van der Waals surface area contributed by atoms with E-state index in [0.29, 0.717) is 34.3 Å². The monoisotopic (exact) mass is 518 g/mol. The van der Waals surface area contributed by atoms with Crippen LogP contribution in [0.25, 0.3) is 22.4 Å². The van der Waals surface area contributed by atoms with E-state index in [4.69, 9.17) is 26.0 Å². The van der Waals surface area contributed by atoms with Gasteiger partial charge >= 0.3 is 12.1 Å². The van der Waals surface area contributed by atoms with Gasteiger partial charge in [0.25, 0.3) is 0 Å². The number of ether oxygens (including phenoxy) is 1. The maximum atomic E-state index is 13.0. The van der Waals surface area contributed by atoms with Gasteiger partial charge in [0.2, 0.25) is 0 Å². The third-order valence-electron chi connectivity index (χ3n) is 5.90. The Hall–Kier alpha value is -4.10. The number of aliphatic carboxylic acids is 1. The number of benzene rings is 3. The zero-order chi connectivity index (χ0) is 26.4. The highest BCUT2D eigenvalue weighted by Gasteiger charge is 2.29. The van der Waals surface area contributed by atoms with Crippen LogP contribution >= 0.6 is 11.6 Å². The maximum absolute atomic E-state index is 13.0. The summed E-state index contributed by atoms with van der Waals surface area (Å²) in [7, 11) is 0. The summed E-state index contributed by atoms with van der Waals surface area (Å²) in [5.74, 6) is -0.329. The van der Waals surface area contributed by atoms with Crippen molar-refractivity contribution in [3.63, 3.8) is 0 Å². The molecule has 1 N–H and O–H groups in total. The van der Waals surface area contributed by atoms with Crippen LogP contribution in [-0.2, 0) is 16.0 Å². The summed E-state index contributed by atoms with van der Waals surface area (Å²) in [5, 5.41) is 13.5. The van der Waals surface area contributed by atoms with Crippen LogP contribution in [0.1, 0.15) is 31.1 Å². The Morgan fingerprint density at radius 3 is 2.22 bits per heavy atom. The van der Waals surface area contributed by atoms with Gasteiger partial charge in [0.1, 0.15) is 11.4 Å². The Labute approximate surface area is 220 Å². The molecule has 0 atom stereocenters. The molecule has 3 aromatic carbocycles. The van der Waals surface area contributed by atoms with Crippen molar-refractivity contribution in [2.45, 2.75) is 33.1 Å². The largest absolute Gasteiger partial charge is 0.481 e. The molecule has 0 aliphatic carbocycles. The third-order valence-corrected chi connectivity index (χ3v) is 6.22. The SMILES string of the molecule is CCOC(=O)N(c1ccccc1Cl)c1c(-c2ccc(-c3ccc(CCCC(=O)O)cc3)cc2)noc1C. The van der Waals surface area contributed by atoms with Crippen LogP contribution < -0.4 is 4.90 Å². The number of anilines is 2. The highest BCUT2D eigenvalue weighted by molar-refractivity contribution is 6.34. The molecule has 0 saturated heterocycles. The standard InChI is InChI=1S/C29H27ClN2O5/c1-3-36-29(35)32(25-9-5-4-8-24(25)30)28-19(2)37-31-27(28)23-17-15-22(16-18-23)21-13-11-20(12-14-21)7-6-10-26(33)34/h4-5,8-9,11-18H,3,6-7,10H2,1-2H3,(H,33,34). The second-order valence-corrected chi connectivity index (χ2v) is 8.85. The summed E-state index contributed by atoms with van der Waals surface area (Å²) in [6.07, 6.45) is 0.918. The maximum Gasteiger partial charge on any atom is 0.419 e. The Bertz CT molecular complexity index is 1380. The highest BCUT2D eigenvalue weighted by atomic mass is 35.5. The van der Waals surface area contributed by atoms with E-state index in [0.717, 1.165) is 28.7 Å². The van der Waals surface area contributed by atoms with Crippen LogP contribution in [-0.4, -0.2) is 28.9 Å². The van der Waals surface area contributed by atoms with Gasteiger partial charge in [-0.05, 0) is 55.5 Å². The van der Waals surface area contributed by atoms with E-state index in [1.165, 1.54) is 4.90 Å². The third kappa shape index (κ3) is 6.01. The van der Waals surface area contributed by atoms with Gasteiger partial charge < -0.3 is 14.4 Å². The Balaban J connectivity index is 1.63. The molecular formula is C29H27ClN2O5. The normalized spacial score (nSPS) is 10.8. The highest BCUT2D eigenvalue weighted by Crippen LogP contribution is 2.40. The average Bonchev–Trinajstić information content (AvgIpc) is 3.27. The van der Waals surface area contributed by atoms with E-state index >= 15 is 0 Å². The summed E-state index contributed by atoms with van der Waals surface area (Å²) >= 11 is 6.45. The molecule has 1 amide bonds. The first-order valence-electron chi connectivity index (χ1n) is 12.0. The summed E-state index contributed by atoms with van der Waals surface area (Å²) in [4.78, 5) is 25.2. The molecule has 4 rings (SSSR count). The number of hydrogen-bond donors (Lipinski definition) is 1. The number of hydrogen-bond acceptors (Lipinski definition) is 5. The molecule has 0 aliphatic heterocycles. The molecule has 0 aliphatic rings. The second-order valence-electron chi connectivity index (χ2n) is 8.44. The molecule has 0 spiro atoms. The molecular weight excluding hydrogens is 492 g/mol. The molecule has 0 unspecified atom stereocenters. The van der Waals surface area contributed by atoms with E-state index < -0.39 is 12.1 Å². The second kappa shape index (κ2) is 11.8. The Morgan fingerprint density at radius 1 is 0.973 bits per heavy atom. The van der Waals surface area contributed by atoms with Gasteiger partial charge in [-0.1, -0.05) is 77.4 Å². The lowest BCUT2D eigenvalue weighted by Gasteiger charge is -2.23. The molecule has 7 nitrogen and oxygen atoms in total. The smallest absolute Gasteiger partial charge is 0.419 e. The average molecular weight is 519 g/mol. The van der Waals surface area contributed by atoms with Gasteiger partial charge in [0.05, 0.1) is 17.3 Å². The number of rotatable bonds is 9. The van der Waals surface area contributed by atoms with E-state index in [9.17, 15) is 9.59 Å². The van der Waals surface area contributed by atoms with Gasteiger partial charge in [-0.25, -0.2) is 9.69 Å². The number of aryl methyl sites for hydroxylation is 2. The van der Waals surface area contributed by atoms with Gasteiger partial charge in [-0.3, -0.25) is 4.79 Å². The number of amides is 1. The quantitative estimate of drug-likeness (QED) is 0.244. The van der Waals surface area contributed by atoms with Crippen LogP contribution in [0, 0.1) is 6.92 Å². The van der Waals surface area contributed by atoms with Gasteiger partial charge in [-0.2, -0.15) is 0 Å². The van der Waals surface area contributed by atoms with Gasteiger partial charge in [0, 0.05) is 12.0 Å². The fraction of sp³-hybridized carbons (Fsp3) is 0.207. The van der Waals surface area contributed by atoms with E-state index in [1.807, 2.05) is 48.5 Å². The number of carbonyl (C=O) groups excluding carboxylic acids is 1. The summed E-state index contributed by atoms with van der Waals surface area (Å²) < 4.78 is 10.9. The molecule has 37 heavy (non-hydrogen) atoms. The van der Waals surface area contributed by atoms with Crippen molar-refractivity contribution in [3.8, 4) is 22.4 Å². The number of carboxylic acid groups (broad SMARTS) is 1. The fourth-order valence-electron chi connectivity index (χ4n) is 4.08. The van der Waals surface area contributed by atoms with E-state index in [-0.39, 0.29) is 13.0 Å². The first-order valence-corrected chi connectivity index (χ1v) is 12.4. The van der Waals surface area contributed by atoms with Crippen molar-refractivity contribution in [3.05, 3.63) is 89.1 Å². The number of carbonyl (C=O) groups is 2. The zero-order valence-corrected chi connectivity index (χ0v) is 21.4. The lowest BCUT2D eigenvalue weighted by Crippen LogP contribution is -2.27. The minimum absolute atomic E-state index is 0.163. The van der Waals surface area contributed by atoms with Crippen molar-refractivity contribution in [2.24, 2.45) is 0 Å². The summed E-state index contributed by atoms with van der Waals surface area (Å²) in [6, 6.07) is 22.9. The molecule has 0 bridgehead atoms. The van der Waals surface area contributed by atoms with E-state index in [1.54, 1.807) is 38.1 Å². The lowest BCUT2D eigenvalue weighted by molar-refractivity contribution is -0.137. The molecule has 8 heteroatoms. The molecule has 0 fully saturated rings. The lowest BCUT2D eigenvalue weighted by atomic mass is 9.99. The molecule has 0 saturated carbocycles. The van der Waals surface area contributed by atoms with Crippen LogP contribution in [0.15, 0.2) is 77.3 Å². The predicted octanol–water partition coefficient (Wildman–Crippen LogP) is 7.67. The van der Waals surface area contributed by atoms with Crippen LogP contribution in [0.3, 0.4) is 0 Å². The molecule has 1 aromatic heterocycles. The minimum Gasteiger partial charge on any atom is -0.481 e. The molecule has 4 aromatic rings. The molecule has 190 valence electrons. The number of halogens is 1. The van der Waals surface area contributed by atoms with Crippen molar-refractivity contribution < 1.29 is 24.0 Å². The molecule has 1 heterocycles. The summed E-state index contributed by atoms with van der Waals surface area (Å²) in [5.41, 5.74) is 5.33. The number of nitrogens with zero attached hydrogens (tertiary/aromatic N) is 2. The van der Waals surface area contributed by atoms with Gasteiger partial charge in [0.15, 0.2) is 5.76 Å². The number of aromatic nitrogens is 1. The molecule has 0 radical (unpaired) electrons. The van der Waals surface area contributed by atoms with Crippen LogP contribution in [0.4, 0.5) is 16.2 Å². The topological polar surface area (TPSA) is 92.9 Å². The fourth-order valence-corrected chi connectivity index (χ4v) is 4.30. The van der Waals surface area contributed by atoms with Gasteiger partial charge in [-0.15, -0.1) is 0 Å². The van der Waals surface area contributed by atoms with Crippen molar-refractivity contribution in [2.75, 3.05) is 11.5 Å². The number of carboxylic acids is 1. The van der Waals surface area contributed by atoms with Crippen molar-refractivity contribution in [1.82, 2.24) is 5.16 Å². The first-order chi connectivity index (χ1) is 17.9. The van der Waals surface area contributed by atoms with Crippen LogP contribution in [0.2, 0.25) is 5.02 Å². The Kier molecular flexibility index (Phi) is 8.25. The van der Waals surface area contributed by atoms with Crippen molar-refractivity contribution >= 4 is 35.0 Å².